The molecule has 0 aliphatic rings. The molecule has 4 heteroatoms. The second-order valence-electron chi connectivity index (χ2n) is 3.71. The van der Waals surface area contributed by atoms with Gasteiger partial charge >= 0.3 is 5.97 Å². The Labute approximate surface area is 104 Å². The smallest absolute Gasteiger partial charge is 0.338 e. The highest BCUT2D eigenvalue weighted by Crippen LogP contribution is 2.25. The molecule has 0 radical (unpaired) electrons. The third-order valence-corrected chi connectivity index (χ3v) is 2.69. The van der Waals surface area contributed by atoms with Crippen LogP contribution in [0.2, 0.25) is 0 Å². The molecule has 0 amide bonds. The fourth-order valence-corrected chi connectivity index (χ4v) is 1.82. The van der Waals surface area contributed by atoms with Crippen LogP contribution in [0.5, 0.6) is 5.75 Å². The maximum Gasteiger partial charge on any atom is 0.338 e. The first kappa shape index (κ1) is 11.9. The molecule has 0 saturated carbocycles. The molecular weight excluding hydrogens is 230 g/mol. The number of carbonyl (C=O) groups is 1. The second-order valence-corrected chi connectivity index (χ2v) is 3.71. The molecule has 0 aromatic heterocycles. The summed E-state index contributed by atoms with van der Waals surface area (Å²) in [5.74, 6) is 0.218. The van der Waals surface area contributed by atoms with Crippen LogP contribution in [0.15, 0.2) is 30.3 Å². The maximum atomic E-state index is 11.7. The Morgan fingerprint density at radius 1 is 1.22 bits per heavy atom. The van der Waals surface area contributed by atoms with Crippen molar-refractivity contribution in [1.29, 1.82) is 5.26 Å². The van der Waals surface area contributed by atoms with Crippen LogP contribution in [0.4, 0.5) is 0 Å². The van der Waals surface area contributed by atoms with Crippen LogP contribution in [-0.4, -0.2) is 20.2 Å². The van der Waals surface area contributed by atoms with Crippen molar-refractivity contribution in [3.63, 3.8) is 0 Å². The van der Waals surface area contributed by atoms with Gasteiger partial charge in [0, 0.05) is 0 Å². The van der Waals surface area contributed by atoms with E-state index < -0.39 is 5.97 Å². The Hall–Kier alpha value is -2.54. The Morgan fingerprint density at radius 3 is 2.61 bits per heavy atom. The van der Waals surface area contributed by atoms with Gasteiger partial charge in [-0.15, -0.1) is 0 Å². The van der Waals surface area contributed by atoms with Crippen molar-refractivity contribution in [2.24, 2.45) is 0 Å². The van der Waals surface area contributed by atoms with Crippen molar-refractivity contribution in [2.45, 2.75) is 0 Å². The monoisotopic (exact) mass is 241 g/mol. The molecule has 18 heavy (non-hydrogen) atoms. The summed E-state index contributed by atoms with van der Waals surface area (Å²) in [6, 6.07) is 10.6. The number of ether oxygens (including phenoxy) is 2. The topological polar surface area (TPSA) is 59.3 Å². The number of methoxy groups -OCH3 is 2. The largest absolute Gasteiger partial charge is 0.497 e. The minimum Gasteiger partial charge on any atom is -0.497 e. The lowest BCUT2D eigenvalue weighted by atomic mass is 10.0. The minimum absolute atomic E-state index is 0.384. The van der Waals surface area contributed by atoms with E-state index in [9.17, 15) is 4.79 Å². The number of nitrogens with zero attached hydrogens (tertiary/aromatic N) is 1. The number of esters is 1. The number of carbonyl (C=O) groups excluding carboxylic acids is 1. The first-order valence-electron chi connectivity index (χ1n) is 5.30. The molecule has 0 aliphatic heterocycles. The summed E-state index contributed by atoms with van der Waals surface area (Å²) < 4.78 is 9.84. The molecule has 2 aromatic rings. The standard InChI is InChI=1S/C14H11NO3/c1-17-11-3-4-12-10(7-11)5-9(8-15)6-13(12)14(16)18-2/h3-7H,1-2H3. The van der Waals surface area contributed by atoms with Gasteiger partial charge in [-0.25, -0.2) is 4.79 Å². The van der Waals surface area contributed by atoms with Gasteiger partial charge in [0.05, 0.1) is 31.4 Å². The van der Waals surface area contributed by atoms with Crippen molar-refractivity contribution in [3.8, 4) is 11.8 Å². The molecule has 2 aromatic carbocycles. The molecule has 0 spiro atoms. The van der Waals surface area contributed by atoms with E-state index in [2.05, 4.69) is 0 Å². The number of rotatable bonds is 2. The summed E-state index contributed by atoms with van der Waals surface area (Å²) in [4.78, 5) is 11.7. The average Bonchev–Trinajstić information content (AvgIpc) is 2.44. The highest BCUT2D eigenvalue weighted by Gasteiger charge is 2.12. The van der Waals surface area contributed by atoms with Crippen LogP contribution in [0.25, 0.3) is 10.8 Å². The van der Waals surface area contributed by atoms with E-state index in [1.54, 1.807) is 31.4 Å². The van der Waals surface area contributed by atoms with Crippen molar-refractivity contribution in [3.05, 3.63) is 41.5 Å². The van der Waals surface area contributed by atoms with Crippen LogP contribution < -0.4 is 4.74 Å². The number of fused-ring (bicyclic) bond motifs is 1. The van der Waals surface area contributed by atoms with E-state index in [1.165, 1.54) is 13.2 Å². The summed E-state index contributed by atoms with van der Waals surface area (Å²) in [7, 11) is 2.88. The van der Waals surface area contributed by atoms with Crippen LogP contribution in [0.3, 0.4) is 0 Å². The normalized spacial score (nSPS) is 9.83. The van der Waals surface area contributed by atoms with Crippen molar-refractivity contribution in [2.75, 3.05) is 14.2 Å². The SMILES string of the molecule is COC(=O)c1cc(C#N)cc2cc(OC)ccc12. The zero-order chi connectivity index (χ0) is 13.1. The molecule has 0 aliphatic carbocycles. The van der Waals surface area contributed by atoms with E-state index in [4.69, 9.17) is 14.7 Å². The molecule has 2 rings (SSSR count). The van der Waals surface area contributed by atoms with E-state index in [-0.39, 0.29) is 0 Å². The van der Waals surface area contributed by atoms with Gasteiger partial charge in [0.25, 0.3) is 0 Å². The molecule has 0 saturated heterocycles. The molecule has 0 fully saturated rings. The first-order chi connectivity index (χ1) is 8.69. The highest BCUT2D eigenvalue weighted by atomic mass is 16.5. The van der Waals surface area contributed by atoms with Gasteiger partial charge in [-0.3, -0.25) is 0 Å². The molecule has 0 unspecified atom stereocenters. The van der Waals surface area contributed by atoms with E-state index in [0.717, 1.165) is 10.8 Å². The Kier molecular flexibility index (Phi) is 3.16. The molecule has 0 heterocycles. The lowest BCUT2D eigenvalue weighted by molar-refractivity contribution is 0.0603. The van der Waals surface area contributed by atoms with E-state index >= 15 is 0 Å². The van der Waals surface area contributed by atoms with E-state index in [1.807, 2.05) is 6.07 Å². The first-order valence-corrected chi connectivity index (χ1v) is 5.30. The average molecular weight is 241 g/mol. The Morgan fingerprint density at radius 2 is 2.00 bits per heavy atom. The Balaban J connectivity index is 2.76. The quantitative estimate of drug-likeness (QED) is 0.758. The number of hydrogen-bond donors (Lipinski definition) is 0. The van der Waals surface area contributed by atoms with Crippen LogP contribution in [-0.2, 0) is 4.74 Å². The summed E-state index contributed by atoms with van der Waals surface area (Å²) in [6.45, 7) is 0. The van der Waals surface area contributed by atoms with Gasteiger partial charge in [0.1, 0.15) is 5.75 Å². The highest BCUT2D eigenvalue weighted by molar-refractivity contribution is 6.05. The van der Waals surface area contributed by atoms with Crippen LogP contribution >= 0.6 is 0 Å². The second kappa shape index (κ2) is 4.76. The third-order valence-electron chi connectivity index (χ3n) is 2.69. The molecule has 0 bridgehead atoms. The fraction of sp³-hybridized carbons (Fsp3) is 0.143. The van der Waals surface area contributed by atoms with Gasteiger partial charge in [-0.05, 0) is 41.1 Å². The van der Waals surface area contributed by atoms with Gasteiger partial charge in [-0.1, -0.05) is 0 Å². The van der Waals surface area contributed by atoms with Crippen molar-refractivity contribution < 1.29 is 14.3 Å². The molecule has 0 atom stereocenters. The number of benzene rings is 2. The lowest BCUT2D eigenvalue weighted by Gasteiger charge is -2.07. The zero-order valence-corrected chi connectivity index (χ0v) is 10.1. The maximum absolute atomic E-state index is 11.7. The van der Waals surface area contributed by atoms with Gasteiger partial charge < -0.3 is 9.47 Å². The number of hydrogen-bond acceptors (Lipinski definition) is 4. The molecule has 0 N–H and O–H groups in total. The molecule has 4 nitrogen and oxygen atoms in total. The van der Waals surface area contributed by atoms with E-state index in [0.29, 0.717) is 16.9 Å². The van der Waals surface area contributed by atoms with Gasteiger partial charge in [-0.2, -0.15) is 5.26 Å². The zero-order valence-electron chi connectivity index (χ0n) is 10.1. The summed E-state index contributed by atoms with van der Waals surface area (Å²) in [5, 5.41) is 10.5. The summed E-state index contributed by atoms with van der Waals surface area (Å²) in [6.07, 6.45) is 0. The van der Waals surface area contributed by atoms with Crippen LogP contribution in [0.1, 0.15) is 15.9 Å². The van der Waals surface area contributed by atoms with Gasteiger partial charge in [0.2, 0.25) is 0 Å². The number of nitriles is 1. The van der Waals surface area contributed by atoms with Gasteiger partial charge in [0.15, 0.2) is 0 Å². The van der Waals surface area contributed by atoms with Crippen molar-refractivity contribution >= 4 is 16.7 Å². The summed E-state index contributed by atoms with van der Waals surface area (Å²) in [5.41, 5.74) is 0.797. The van der Waals surface area contributed by atoms with Crippen molar-refractivity contribution in [1.82, 2.24) is 0 Å². The lowest BCUT2D eigenvalue weighted by Crippen LogP contribution is -2.02. The predicted octanol–water partition coefficient (Wildman–Crippen LogP) is 2.51. The fourth-order valence-electron chi connectivity index (χ4n) is 1.82. The Bertz CT molecular complexity index is 656. The molecular formula is C14H11NO3. The predicted molar refractivity (Wildman–Crippen MR) is 66.6 cm³/mol. The summed E-state index contributed by atoms with van der Waals surface area (Å²) >= 11 is 0. The van der Waals surface area contributed by atoms with Crippen LogP contribution in [0, 0.1) is 11.3 Å². The molecule has 90 valence electrons. The third kappa shape index (κ3) is 1.98. The minimum atomic E-state index is -0.456.